The van der Waals surface area contributed by atoms with E-state index >= 15 is 0 Å². The number of aromatic amines is 1. The number of carboxylic acids is 1. The number of nitrogens with zero attached hydrogens (tertiary/aromatic N) is 3. The van der Waals surface area contributed by atoms with Gasteiger partial charge in [-0.05, 0) is 42.7 Å². The number of nitrogens with one attached hydrogen (secondary N) is 1. The molecule has 0 aliphatic rings. The molecule has 6 nitrogen and oxygen atoms in total. The second-order valence-corrected chi connectivity index (χ2v) is 7.71. The summed E-state index contributed by atoms with van der Waals surface area (Å²) < 4.78 is 42.3. The third-order valence-electron chi connectivity index (χ3n) is 5.10. The van der Waals surface area contributed by atoms with Gasteiger partial charge in [-0.3, -0.25) is 9.78 Å². The van der Waals surface area contributed by atoms with E-state index in [0.717, 1.165) is 12.1 Å². The topological polar surface area (TPSA) is 83.8 Å². The van der Waals surface area contributed by atoms with Crippen LogP contribution in [0.5, 0.6) is 0 Å². The van der Waals surface area contributed by atoms with Gasteiger partial charge in [0.25, 0.3) is 0 Å². The van der Waals surface area contributed by atoms with Crippen LogP contribution in [0.3, 0.4) is 0 Å². The van der Waals surface area contributed by atoms with Crippen molar-refractivity contribution in [3.8, 4) is 0 Å². The summed E-state index contributed by atoms with van der Waals surface area (Å²) in [6.07, 6.45) is -1.05. The highest BCUT2D eigenvalue weighted by Gasteiger charge is 2.33. The minimum atomic E-state index is -4.49. The fourth-order valence-corrected chi connectivity index (χ4v) is 3.75. The predicted molar refractivity (Wildman–Crippen MR) is 105 cm³/mol. The van der Waals surface area contributed by atoms with E-state index in [0.29, 0.717) is 33.8 Å². The van der Waals surface area contributed by atoms with Crippen LogP contribution in [0.4, 0.5) is 13.2 Å². The van der Waals surface area contributed by atoms with Crippen molar-refractivity contribution in [2.24, 2.45) is 5.92 Å². The number of hydrogen-bond acceptors (Lipinski definition) is 3. The first kappa shape index (κ1) is 19.9. The fraction of sp³-hybridized carbons (Fsp3) is 0.286. The molecule has 1 atom stereocenters. The molecule has 156 valence electrons. The van der Waals surface area contributed by atoms with Crippen LogP contribution in [0, 0.1) is 5.92 Å². The summed E-state index contributed by atoms with van der Waals surface area (Å²) in [5, 5.41) is 21.4. The Morgan fingerprint density at radius 1 is 1.17 bits per heavy atom. The molecule has 9 heteroatoms. The van der Waals surface area contributed by atoms with Crippen LogP contribution >= 0.6 is 0 Å². The number of hydrogen-bond donors (Lipinski definition) is 2. The second kappa shape index (κ2) is 7.16. The number of carbonyl (C=O) groups is 1. The number of H-pyrrole nitrogens is 1. The van der Waals surface area contributed by atoms with Gasteiger partial charge >= 0.3 is 12.1 Å². The lowest BCUT2D eigenvalue weighted by atomic mass is 9.93. The molecule has 0 amide bonds. The molecule has 0 aliphatic carbocycles. The molecule has 4 rings (SSSR count). The SMILES string of the molecule is CC(C)CC(c1cc(C(F)(F)F)cc2cn[nH]c12)n1ncc2cc(C(=O)O)ccc21. The van der Waals surface area contributed by atoms with Gasteiger partial charge in [0.15, 0.2) is 0 Å². The van der Waals surface area contributed by atoms with Crippen molar-refractivity contribution in [2.45, 2.75) is 32.5 Å². The average Bonchev–Trinajstić information content (AvgIpc) is 3.30. The molecule has 30 heavy (non-hydrogen) atoms. The van der Waals surface area contributed by atoms with Crippen LogP contribution in [0.2, 0.25) is 0 Å². The monoisotopic (exact) mass is 416 g/mol. The maximum Gasteiger partial charge on any atom is 0.416 e. The van der Waals surface area contributed by atoms with Crippen molar-refractivity contribution in [1.29, 1.82) is 0 Å². The molecule has 0 radical (unpaired) electrons. The third-order valence-corrected chi connectivity index (χ3v) is 5.10. The van der Waals surface area contributed by atoms with E-state index in [9.17, 15) is 23.1 Å². The van der Waals surface area contributed by atoms with Crippen LogP contribution in [-0.4, -0.2) is 31.1 Å². The molecular formula is C21H19F3N4O2. The maximum absolute atomic E-state index is 13.5. The minimum Gasteiger partial charge on any atom is -0.478 e. The Bertz CT molecular complexity index is 1240. The van der Waals surface area contributed by atoms with Gasteiger partial charge in [0, 0.05) is 16.3 Å². The average molecular weight is 416 g/mol. The molecule has 0 bridgehead atoms. The van der Waals surface area contributed by atoms with Crippen molar-refractivity contribution in [3.05, 3.63) is 59.4 Å². The lowest BCUT2D eigenvalue weighted by molar-refractivity contribution is -0.137. The Balaban J connectivity index is 1.94. The molecule has 2 N–H and O–H groups in total. The Labute approximate surface area is 169 Å². The normalized spacial score (nSPS) is 13.4. The number of rotatable bonds is 5. The second-order valence-electron chi connectivity index (χ2n) is 7.71. The van der Waals surface area contributed by atoms with Gasteiger partial charge in [-0.2, -0.15) is 23.4 Å². The maximum atomic E-state index is 13.5. The van der Waals surface area contributed by atoms with Crippen molar-refractivity contribution in [2.75, 3.05) is 0 Å². The summed E-state index contributed by atoms with van der Waals surface area (Å²) in [6.45, 7) is 3.97. The highest BCUT2D eigenvalue weighted by Crippen LogP contribution is 2.38. The van der Waals surface area contributed by atoms with Crippen LogP contribution < -0.4 is 0 Å². The summed E-state index contributed by atoms with van der Waals surface area (Å²) >= 11 is 0. The summed E-state index contributed by atoms with van der Waals surface area (Å²) in [7, 11) is 0. The van der Waals surface area contributed by atoms with Crippen LogP contribution in [0.1, 0.15) is 47.8 Å². The fourth-order valence-electron chi connectivity index (χ4n) is 3.75. The molecule has 0 aliphatic heterocycles. The summed E-state index contributed by atoms with van der Waals surface area (Å²) in [5.41, 5.74) is 0.996. The number of carboxylic acid groups (broad SMARTS) is 1. The van der Waals surface area contributed by atoms with Crippen molar-refractivity contribution in [3.63, 3.8) is 0 Å². The first-order valence-corrected chi connectivity index (χ1v) is 9.40. The van der Waals surface area contributed by atoms with E-state index in [1.54, 1.807) is 10.7 Å². The zero-order valence-corrected chi connectivity index (χ0v) is 16.2. The van der Waals surface area contributed by atoms with Crippen molar-refractivity contribution < 1.29 is 23.1 Å². The van der Waals surface area contributed by atoms with Crippen LogP contribution in [0.25, 0.3) is 21.8 Å². The van der Waals surface area contributed by atoms with Crippen LogP contribution in [-0.2, 0) is 6.18 Å². The number of halogens is 3. The van der Waals surface area contributed by atoms with E-state index in [4.69, 9.17) is 0 Å². The van der Waals surface area contributed by atoms with Gasteiger partial charge in [0.2, 0.25) is 0 Å². The van der Waals surface area contributed by atoms with Gasteiger partial charge < -0.3 is 5.11 Å². The molecule has 0 spiro atoms. The van der Waals surface area contributed by atoms with E-state index in [-0.39, 0.29) is 11.5 Å². The van der Waals surface area contributed by atoms with Gasteiger partial charge in [0.05, 0.1) is 40.6 Å². The smallest absolute Gasteiger partial charge is 0.416 e. The number of alkyl halides is 3. The zero-order chi connectivity index (χ0) is 21.6. The summed E-state index contributed by atoms with van der Waals surface area (Å²) in [4.78, 5) is 11.3. The molecule has 0 fully saturated rings. The molecular weight excluding hydrogens is 397 g/mol. The van der Waals surface area contributed by atoms with Crippen LogP contribution in [0.15, 0.2) is 42.7 Å². The van der Waals surface area contributed by atoms with E-state index in [1.807, 2.05) is 13.8 Å². The molecule has 0 saturated heterocycles. The van der Waals surface area contributed by atoms with E-state index in [2.05, 4.69) is 15.3 Å². The number of aromatic nitrogens is 4. The summed E-state index contributed by atoms with van der Waals surface area (Å²) in [5.74, 6) is -0.888. The zero-order valence-electron chi connectivity index (χ0n) is 16.2. The van der Waals surface area contributed by atoms with Gasteiger partial charge in [-0.25, -0.2) is 4.79 Å². The Morgan fingerprint density at radius 2 is 1.93 bits per heavy atom. The van der Waals surface area contributed by atoms with Gasteiger partial charge in [-0.15, -0.1) is 0 Å². The highest BCUT2D eigenvalue weighted by molar-refractivity contribution is 5.93. The molecule has 4 aromatic rings. The van der Waals surface area contributed by atoms with Crippen molar-refractivity contribution in [1.82, 2.24) is 20.0 Å². The Kier molecular flexibility index (Phi) is 4.76. The summed E-state index contributed by atoms with van der Waals surface area (Å²) in [6, 6.07) is 6.33. The minimum absolute atomic E-state index is 0.123. The molecule has 1 unspecified atom stereocenters. The van der Waals surface area contributed by atoms with Gasteiger partial charge in [-0.1, -0.05) is 13.8 Å². The van der Waals surface area contributed by atoms with Gasteiger partial charge in [0.1, 0.15) is 0 Å². The first-order chi connectivity index (χ1) is 14.1. The lowest BCUT2D eigenvalue weighted by Gasteiger charge is -2.23. The molecule has 0 saturated carbocycles. The quantitative estimate of drug-likeness (QED) is 0.465. The molecule has 2 aromatic heterocycles. The van der Waals surface area contributed by atoms with E-state index < -0.39 is 23.8 Å². The standard InChI is InChI=1S/C21H19F3N4O2/c1-11(2)5-18(28-17-4-3-12(20(29)30)6-13(17)10-26-28)16-8-15(21(22,23)24)7-14-9-25-27-19(14)16/h3-4,6-11,18H,5H2,1-2H3,(H,25,27)(H,29,30). The number of aromatic carboxylic acids is 1. The Hall–Kier alpha value is -3.36. The van der Waals surface area contributed by atoms with Crippen molar-refractivity contribution >= 4 is 27.8 Å². The predicted octanol–water partition coefficient (Wildman–Crippen LogP) is 5.27. The first-order valence-electron chi connectivity index (χ1n) is 9.40. The third kappa shape index (κ3) is 3.51. The lowest BCUT2D eigenvalue weighted by Crippen LogP contribution is -2.16. The Morgan fingerprint density at radius 3 is 2.60 bits per heavy atom. The largest absolute Gasteiger partial charge is 0.478 e. The molecule has 2 aromatic carbocycles. The van der Waals surface area contributed by atoms with E-state index in [1.165, 1.54) is 24.5 Å². The number of benzene rings is 2. The number of fused-ring (bicyclic) bond motifs is 2. The molecule has 2 heterocycles. The highest BCUT2D eigenvalue weighted by atomic mass is 19.4.